The summed E-state index contributed by atoms with van der Waals surface area (Å²) in [7, 11) is 0. The number of nitrogen functional groups attached to an aromatic ring is 2. The molecule has 3 aliphatic heterocycles. The summed E-state index contributed by atoms with van der Waals surface area (Å²) in [6.07, 6.45) is -9.85. The molecule has 0 saturated carbocycles. The molecular formula is C27H35F3N8O14. The third-order valence-corrected chi connectivity index (χ3v) is 7.93. The highest BCUT2D eigenvalue weighted by Gasteiger charge is 2.59. The van der Waals surface area contributed by atoms with Crippen LogP contribution in [0.2, 0.25) is 0 Å². The predicted octanol–water partition coefficient (Wildman–Crippen LogP) is -5.54. The zero-order valence-corrected chi connectivity index (χ0v) is 26.5. The molecule has 0 spiro atoms. The van der Waals surface area contributed by atoms with Gasteiger partial charge in [0.1, 0.15) is 48.4 Å². The number of ether oxygens (including phenoxy) is 3. The van der Waals surface area contributed by atoms with Gasteiger partial charge in [-0.05, 0) is 12.1 Å². The lowest BCUT2D eigenvalue weighted by molar-refractivity contribution is -0.140. The van der Waals surface area contributed by atoms with Gasteiger partial charge >= 0.3 is 23.0 Å². The Labute approximate surface area is 287 Å². The number of aliphatic hydroxyl groups excluding tert-OH is 7. The van der Waals surface area contributed by atoms with Crippen LogP contribution < -0.4 is 34.1 Å². The first-order valence-corrected chi connectivity index (χ1v) is 15.0. The van der Waals surface area contributed by atoms with E-state index < -0.39 is 116 Å². The molecule has 3 aromatic heterocycles. The summed E-state index contributed by atoms with van der Waals surface area (Å²) >= 11 is 0. The van der Waals surface area contributed by atoms with E-state index >= 15 is 0 Å². The molecule has 52 heavy (non-hydrogen) atoms. The predicted molar refractivity (Wildman–Crippen MR) is 164 cm³/mol. The van der Waals surface area contributed by atoms with Crippen molar-refractivity contribution in [2.24, 2.45) is 0 Å². The molecule has 6 heterocycles. The van der Waals surface area contributed by atoms with E-state index in [0.717, 1.165) is 27.6 Å². The quantitative estimate of drug-likeness (QED) is 0.112. The maximum absolute atomic E-state index is 13.7. The van der Waals surface area contributed by atoms with Crippen LogP contribution in [0.4, 0.5) is 24.8 Å². The third-order valence-electron chi connectivity index (χ3n) is 7.93. The first-order valence-electron chi connectivity index (χ1n) is 15.0. The number of alkyl halides is 2. The smallest absolute Gasteiger partial charge is 0.351 e. The molecule has 288 valence electrons. The van der Waals surface area contributed by atoms with Crippen molar-refractivity contribution in [2.75, 3.05) is 31.3 Å². The Kier molecular flexibility index (Phi) is 12.7. The number of rotatable bonds is 6. The van der Waals surface area contributed by atoms with Crippen LogP contribution in [-0.4, -0.2) is 133 Å². The van der Waals surface area contributed by atoms with E-state index in [-0.39, 0.29) is 18.1 Å². The van der Waals surface area contributed by atoms with Crippen LogP contribution in [-0.2, 0) is 14.2 Å². The number of aliphatic hydroxyl groups is 7. The van der Waals surface area contributed by atoms with Crippen molar-refractivity contribution >= 4 is 11.6 Å². The Hall–Kier alpha value is -4.57. The molecule has 12 N–H and O–H groups in total. The average molecular weight is 753 g/mol. The SMILES string of the molecule is Nc1ccn(C2OC(CO)C(O)C2(F)F)c(=O)n1.Nc1ccn(C2OC(CO)C(O)C2O)c(=O)n1.O=c1[nH]c(=O)n(C2CC(O)C(CO)O2)cc1F. The lowest BCUT2D eigenvalue weighted by Gasteiger charge is -2.20. The molecule has 0 aromatic carbocycles. The highest BCUT2D eigenvalue weighted by atomic mass is 19.3. The summed E-state index contributed by atoms with van der Waals surface area (Å²) in [5.41, 5.74) is 6.91. The number of H-pyrrole nitrogens is 1. The number of anilines is 2. The fraction of sp³-hybridized carbons (Fsp3) is 0.556. The molecule has 0 bridgehead atoms. The second kappa shape index (κ2) is 16.4. The maximum Gasteiger partial charge on any atom is 0.351 e. The van der Waals surface area contributed by atoms with Crippen LogP contribution in [0.5, 0.6) is 0 Å². The van der Waals surface area contributed by atoms with Gasteiger partial charge in [-0.1, -0.05) is 0 Å². The number of aromatic amines is 1. The Morgan fingerprint density at radius 1 is 0.808 bits per heavy atom. The normalized spacial score (nSPS) is 30.7. The number of hydrogen-bond acceptors (Lipinski definition) is 18. The number of hydrogen-bond donors (Lipinski definition) is 10. The minimum Gasteiger partial charge on any atom is -0.394 e. The summed E-state index contributed by atoms with van der Waals surface area (Å²) < 4.78 is 57.9. The minimum absolute atomic E-state index is 0.0383. The lowest BCUT2D eigenvalue weighted by Crippen LogP contribution is -2.41. The largest absolute Gasteiger partial charge is 0.394 e. The zero-order valence-electron chi connectivity index (χ0n) is 26.5. The number of nitrogens with zero attached hydrogens (tertiary/aromatic N) is 5. The first-order chi connectivity index (χ1) is 24.4. The van der Waals surface area contributed by atoms with Gasteiger partial charge in [-0.15, -0.1) is 0 Å². The molecule has 22 nitrogen and oxygen atoms in total. The van der Waals surface area contributed by atoms with Gasteiger partial charge < -0.3 is 61.4 Å². The minimum atomic E-state index is -3.71. The number of aromatic nitrogens is 6. The van der Waals surface area contributed by atoms with Gasteiger partial charge in [-0.25, -0.2) is 14.4 Å². The van der Waals surface area contributed by atoms with Crippen LogP contribution in [0, 0.1) is 5.82 Å². The zero-order chi connectivity index (χ0) is 38.7. The van der Waals surface area contributed by atoms with Crippen molar-refractivity contribution in [3.05, 3.63) is 78.3 Å². The number of nitrogens with one attached hydrogen (secondary N) is 1. The van der Waals surface area contributed by atoms with Gasteiger partial charge in [-0.2, -0.15) is 23.1 Å². The van der Waals surface area contributed by atoms with E-state index in [4.69, 9.17) is 41.0 Å². The molecule has 6 rings (SSSR count). The van der Waals surface area contributed by atoms with Gasteiger partial charge in [0.15, 0.2) is 12.3 Å². The summed E-state index contributed by atoms with van der Waals surface area (Å²) in [5.74, 6) is -4.89. The highest BCUT2D eigenvalue weighted by Crippen LogP contribution is 2.42. The second-order valence-electron chi connectivity index (χ2n) is 11.4. The summed E-state index contributed by atoms with van der Waals surface area (Å²) in [6, 6.07) is 2.52. The standard InChI is InChI=1S/C9H11F2N3O4.C9H11FN2O5.C9H13N3O5/c10-9(11)6(16)4(3-15)18-7(9)14-2-1-5(12)13-8(14)17;10-4-2-12(9(16)11-8(4)15)7-1-5(14)6(3-13)17-7;10-5-1-2-12(9(16)11-5)8-7(15)6(14)4(3-13)17-8/h1-2,4,6-7,15-16H,3H2,(H2,12,13,17);2,5-7,13-14H,1,3H2,(H,11,15,16);1-2,4,6-8,13-15H,3H2,(H2,10,11,16). The van der Waals surface area contributed by atoms with E-state index in [0.29, 0.717) is 4.57 Å². The van der Waals surface area contributed by atoms with Crippen molar-refractivity contribution in [3.8, 4) is 0 Å². The maximum atomic E-state index is 13.7. The van der Waals surface area contributed by atoms with Gasteiger partial charge in [0, 0.05) is 18.8 Å². The average Bonchev–Trinajstić information content (AvgIpc) is 3.68. The second-order valence-corrected chi connectivity index (χ2v) is 11.4. The topological polar surface area (TPSA) is 346 Å². The van der Waals surface area contributed by atoms with E-state index in [1.807, 2.05) is 0 Å². The highest BCUT2D eigenvalue weighted by molar-refractivity contribution is 5.24. The molecule has 0 amide bonds. The Balaban J connectivity index is 0.000000175. The summed E-state index contributed by atoms with van der Waals surface area (Å²) in [6.45, 7) is -1.64. The van der Waals surface area contributed by atoms with E-state index in [9.17, 15) is 52.8 Å². The third kappa shape index (κ3) is 8.38. The van der Waals surface area contributed by atoms with E-state index in [1.54, 1.807) is 4.98 Å². The fourth-order valence-corrected chi connectivity index (χ4v) is 5.18. The van der Waals surface area contributed by atoms with Gasteiger partial charge in [-0.3, -0.25) is 23.5 Å². The molecule has 0 aliphatic carbocycles. The molecule has 3 fully saturated rings. The van der Waals surface area contributed by atoms with Crippen molar-refractivity contribution in [1.29, 1.82) is 0 Å². The monoisotopic (exact) mass is 752 g/mol. The Morgan fingerprint density at radius 2 is 1.37 bits per heavy atom. The lowest BCUT2D eigenvalue weighted by atomic mass is 10.1. The number of halogens is 3. The van der Waals surface area contributed by atoms with Crippen LogP contribution in [0.3, 0.4) is 0 Å². The molecule has 3 saturated heterocycles. The Bertz CT molecular complexity index is 1930. The van der Waals surface area contributed by atoms with Crippen molar-refractivity contribution < 1.29 is 63.1 Å². The van der Waals surface area contributed by atoms with Gasteiger partial charge in [0.25, 0.3) is 5.56 Å². The molecule has 10 unspecified atom stereocenters. The molecule has 0 radical (unpaired) electrons. The molecule has 3 aromatic rings. The van der Waals surface area contributed by atoms with Gasteiger partial charge in [0.05, 0.1) is 32.1 Å². The molecular weight excluding hydrogens is 717 g/mol. The fourth-order valence-electron chi connectivity index (χ4n) is 5.18. The first kappa shape index (κ1) is 40.2. The van der Waals surface area contributed by atoms with Crippen LogP contribution >= 0.6 is 0 Å². The molecule has 25 heteroatoms. The van der Waals surface area contributed by atoms with E-state index in [2.05, 4.69) is 9.97 Å². The van der Waals surface area contributed by atoms with Crippen LogP contribution in [0.1, 0.15) is 25.1 Å². The number of nitrogens with two attached hydrogens (primary N) is 2. The van der Waals surface area contributed by atoms with Crippen molar-refractivity contribution in [2.45, 2.75) is 73.8 Å². The van der Waals surface area contributed by atoms with Gasteiger partial charge in [0.2, 0.25) is 12.0 Å². The van der Waals surface area contributed by atoms with Crippen molar-refractivity contribution in [1.82, 2.24) is 28.7 Å². The van der Waals surface area contributed by atoms with Crippen molar-refractivity contribution in [3.63, 3.8) is 0 Å². The van der Waals surface area contributed by atoms with E-state index in [1.165, 1.54) is 12.3 Å². The summed E-state index contributed by atoms with van der Waals surface area (Å²) in [5, 5.41) is 64.6. The molecule has 10 atom stereocenters. The Morgan fingerprint density at radius 3 is 1.85 bits per heavy atom. The molecule has 3 aliphatic rings. The summed E-state index contributed by atoms with van der Waals surface area (Å²) in [4.78, 5) is 53.7. The van der Waals surface area contributed by atoms with Crippen LogP contribution in [0.15, 0.2) is 49.9 Å². The van der Waals surface area contributed by atoms with Crippen LogP contribution in [0.25, 0.3) is 0 Å².